The summed E-state index contributed by atoms with van der Waals surface area (Å²) >= 11 is 0. The van der Waals surface area contributed by atoms with Crippen LogP contribution in [0.15, 0.2) is 54.7 Å². The van der Waals surface area contributed by atoms with Gasteiger partial charge in [-0.25, -0.2) is 0 Å². The first-order valence-corrected chi connectivity index (χ1v) is 7.06. The van der Waals surface area contributed by atoms with Gasteiger partial charge >= 0.3 is 5.97 Å². The van der Waals surface area contributed by atoms with Gasteiger partial charge in [-0.05, 0) is 23.1 Å². The zero-order valence-electron chi connectivity index (χ0n) is 12.2. The van der Waals surface area contributed by atoms with Crippen LogP contribution in [-0.2, 0) is 11.2 Å². The second kappa shape index (κ2) is 5.85. The van der Waals surface area contributed by atoms with Crippen molar-refractivity contribution < 1.29 is 9.90 Å². The van der Waals surface area contributed by atoms with E-state index in [0.717, 1.165) is 33.3 Å². The molecule has 3 aromatic rings. The maximum atomic E-state index is 11.0. The van der Waals surface area contributed by atoms with Crippen molar-refractivity contribution in [2.75, 3.05) is 12.4 Å². The molecule has 0 aliphatic heterocycles. The highest BCUT2D eigenvalue weighted by Gasteiger charge is 2.12. The number of pyridine rings is 1. The fourth-order valence-electron chi connectivity index (χ4n) is 2.71. The van der Waals surface area contributed by atoms with Crippen molar-refractivity contribution >= 4 is 22.4 Å². The Kier molecular flexibility index (Phi) is 3.74. The average molecular weight is 292 g/mol. The lowest BCUT2D eigenvalue weighted by Gasteiger charge is -2.12. The third-order valence-electron chi connectivity index (χ3n) is 3.69. The van der Waals surface area contributed by atoms with E-state index < -0.39 is 5.97 Å². The fourth-order valence-corrected chi connectivity index (χ4v) is 2.71. The molecule has 0 bridgehead atoms. The lowest BCUT2D eigenvalue weighted by molar-refractivity contribution is -0.136. The van der Waals surface area contributed by atoms with Crippen LogP contribution >= 0.6 is 0 Å². The summed E-state index contributed by atoms with van der Waals surface area (Å²) in [6.07, 6.45) is 1.74. The van der Waals surface area contributed by atoms with Gasteiger partial charge in [0.25, 0.3) is 0 Å². The van der Waals surface area contributed by atoms with Crippen LogP contribution in [-0.4, -0.2) is 23.1 Å². The van der Waals surface area contributed by atoms with E-state index in [-0.39, 0.29) is 6.42 Å². The summed E-state index contributed by atoms with van der Waals surface area (Å²) in [5, 5.41) is 14.1. The number of carboxylic acid groups (broad SMARTS) is 1. The average Bonchev–Trinajstić information content (AvgIpc) is 2.54. The number of hydrogen-bond donors (Lipinski definition) is 2. The largest absolute Gasteiger partial charge is 0.481 e. The molecule has 2 aromatic carbocycles. The smallest absolute Gasteiger partial charge is 0.307 e. The molecule has 0 radical (unpaired) electrons. The molecule has 3 rings (SSSR count). The highest BCUT2D eigenvalue weighted by Crippen LogP contribution is 2.32. The molecule has 0 aliphatic carbocycles. The molecule has 0 saturated carbocycles. The molecule has 0 aliphatic rings. The zero-order valence-corrected chi connectivity index (χ0v) is 12.2. The Labute approximate surface area is 128 Å². The molecule has 0 amide bonds. The predicted molar refractivity (Wildman–Crippen MR) is 88.1 cm³/mol. The minimum atomic E-state index is -0.832. The first-order valence-electron chi connectivity index (χ1n) is 7.06. The lowest BCUT2D eigenvalue weighted by Crippen LogP contribution is -2.01. The maximum Gasteiger partial charge on any atom is 0.307 e. The van der Waals surface area contributed by atoms with Crippen LogP contribution in [0.4, 0.5) is 5.69 Å². The van der Waals surface area contributed by atoms with Gasteiger partial charge < -0.3 is 10.4 Å². The first kappa shape index (κ1) is 14.1. The van der Waals surface area contributed by atoms with Gasteiger partial charge in [0.2, 0.25) is 0 Å². The Hall–Kier alpha value is -2.88. The summed E-state index contributed by atoms with van der Waals surface area (Å²) < 4.78 is 0. The molecule has 0 spiro atoms. The van der Waals surface area contributed by atoms with E-state index in [1.807, 2.05) is 55.6 Å². The van der Waals surface area contributed by atoms with Crippen molar-refractivity contribution in [2.24, 2.45) is 0 Å². The first-order chi connectivity index (χ1) is 10.7. The number of para-hydroxylation sites is 1. The van der Waals surface area contributed by atoms with Crippen LogP contribution < -0.4 is 5.32 Å². The van der Waals surface area contributed by atoms with Crippen LogP contribution in [0.2, 0.25) is 0 Å². The van der Waals surface area contributed by atoms with E-state index in [9.17, 15) is 4.79 Å². The summed E-state index contributed by atoms with van der Waals surface area (Å²) in [6.45, 7) is 0. The van der Waals surface area contributed by atoms with Crippen molar-refractivity contribution in [1.29, 1.82) is 0 Å². The lowest BCUT2D eigenvalue weighted by atomic mass is 9.98. The number of aliphatic carboxylic acids is 1. The number of rotatable bonds is 4. The van der Waals surface area contributed by atoms with E-state index >= 15 is 0 Å². The number of anilines is 1. The Morgan fingerprint density at radius 2 is 1.91 bits per heavy atom. The summed E-state index contributed by atoms with van der Waals surface area (Å²) in [7, 11) is 1.87. The molecule has 4 nitrogen and oxygen atoms in total. The minimum absolute atomic E-state index is 0.00840. The predicted octanol–water partition coefficient (Wildman–Crippen LogP) is 3.57. The second-order valence-corrected chi connectivity index (χ2v) is 5.04. The normalized spacial score (nSPS) is 10.6. The number of hydrogen-bond acceptors (Lipinski definition) is 3. The van der Waals surface area contributed by atoms with Crippen molar-refractivity contribution in [3.05, 3.63) is 60.3 Å². The number of nitrogens with zero attached hydrogens (tertiary/aromatic N) is 1. The number of benzene rings is 2. The molecule has 4 heteroatoms. The summed E-state index contributed by atoms with van der Waals surface area (Å²) in [4.78, 5) is 15.6. The summed E-state index contributed by atoms with van der Waals surface area (Å²) in [5.41, 5.74) is 3.65. The molecule has 1 heterocycles. The standard InChI is InChI=1S/C18H16N2O2/c1-19-16-8-3-2-6-15(16)18-14-7-4-5-12(11-17(21)22)13(14)9-10-20-18/h2-10,19H,11H2,1H3,(H,21,22). The molecule has 110 valence electrons. The molecule has 0 fully saturated rings. The number of aromatic nitrogens is 1. The maximum absolute atomic E-state index is 11.0. The monoisotopic (exact) mass is 292 g/mol. The highest BCUT2D eigenvalue weighted by molar-refractivity contribution is 5.99. The highest BCUT2D eigenvalue weighted by atomic mass is 16.4. The number of carbonyl (C=O) groups is 1. The van der Waals surface area contributed by atoms with Gasteiger partial charge in [-0.2, -0.15) is 0 Å². The zero-order chi connectivity index (χ0) is 15.5. The minimum Gasteiger partial charge on any atom is -0.481 e. The Morgan fingerprint density at radius 3 is 2.68 bits per heavy atom. The SMILES string of the molecule is CNc1ccccc1-c1nccc2c(CC(=O)O)cccc12. The van der Waals surface area contributed by atoms with E-state index in [4.69, 9.17) is 5.11 Å². The molecule has 22 heavy (non-hydrogen) atoms. The van der Waals surface area contributed by atoms with Crippen molar-refractivity contribution in [2.45, 2.75) is 6.42 Å². The van der Waals surface area contributed by atoms with Gasteiger partial charge in [-0.15, -0.1) is 0 Å². The van der Waals surface area contributed by atoms with Crippen LogP contribution in [0, 0.1) is 0 Å². The Morgan fingerprint density at radius 1 is 1.09 bits per heavy atom. The molecule has 0 unspecified atom stereocenters. The number of fused-ring (bicyclic) bond motifs is 1. The number of carboxylic acids is 1. The molecular formula is C18H16N2O2. The van der Waals surface area contributed by atoms with E-state index in [2.05, 4.69) is 10.3 Å². The van der Waals surface area contributed by atoms with E-state index in [1.54, 1.807) is 6.20 Å². The van der Waals surface area contributed by atoms with Crippen molar-refractivity contribution in [3.8, 4) is 11.3 Å². The van der Waals surface area contributed by atoms with Gasteiger partial charge in [0.05, 0.1) is 12.1 Å². The fraction of sp³-hybridized carbons (Fsp3) is 0.111. The van der Waals surface area contributed by atoms with Crippen LogP contribution in [0.1, 0.15) is 5.56 Å². The second-order valence-electron chi connectivity index (χ2n) is 5.04. The third-order valence-corrected chi connectivity index (χ3v) is 3.69. The molecule has 2 N–H and O–H groups in total. The van der Waals surface area contributed by atoms with Gasteiger partial charge in [0.15, 0.2) is 0 Å². The summed E-state index contributed by atoms with van der Waals surface area (Å²) in [6, 6.07) is 15.5. The molecule has 0 saturated heterocycles. The quantitative estimate of drug-likeness (QED) is 0.771. The van der Waals surface area contributed by atoms with Crippen LogP contribution in [0.25, 0.3) is 22.0 Å². The van der Waals surface area contributed by atoms with Crippen LogP contribution in [0.5, 0.6) is 0 Å². The molecule has 1 aromatic heterocycles. The topological polar surface area (TPSA) is 62.2 Å². The third kappa shape index (κ3) is 2.51. The Bertz CT molecular complexity index is 843. The number of nitrogens with one attached hydrogen (secondary N) is 1. The van der Waals surface area contributed by atoms with E-state index in [1.165, 1.54) is 0 Å². The van der Waals surface area contributed by atoms with Crippen molar-refractivity contribution in [3.63, 3.8) is 0 Å². The molecule has 0 atom stereocenters. The summed E-state index contributed by atoms with van der Waals surface area (Å²) in [5.74, 6) is -0.832. The van der Waals surface area contributed by atoms with E-state index in [0.29, 0.717) is 0 Å². The van der Waals surface area contributed by atoms with Gasteiger partial charge in [0.1, 0.15) is 0 Å². The van der Waals surface area contributed by atoms with Gasteiger partial charge in [-0.3, -0.25) is 9.78 Å². The Balaban J connectivity index is 2.25. The molecular weight excluding hydrogens is 276 g/mol. The van der Waals surface area contributed by atoms with Gasteiger partial charge in [-0.1, -0.05) is 36.4 Å². The van der Waals surface area contributed by atoms with Crippen LogP contribution in [0.3, 0.4) is 0 Å². The van der Waals surface area contributed by atoms with Crippen molar-refractivity contribution in [1.82, 2.24) is 4.98 Å². The van der Waals surface area contributed by atoms with Gasteiger partial charge in [0, 0.05) is 29.9 Å².